The molecular weight excluding hydrogens is 388 g/mol. The van der Waals surface area contributed by atoms with Gasteiger partial charge in [0, 0.05) is 37.4 Å². The number of nitrogens with zero attached hydrogens (tertiary/aromatic N) is 2. The normalized spacial score (nSPS) is 15.7. The van der Waals surface area contributed by atoms with Gasteiger partial charge in [0.15, 0.2) is 6.54 Å². The number of benzene rings is 2. The molecule has 1 heterocycles. The Bertz CT molecular complexity index is 795. The van der Waals surface area contributed by atoms with Crippen LogP contribution in [0.25, 0.3) is 0 Å². The third-order valence-electron chi connectivity index (χ3n) is 4.93. The van der Waals surface area contributed by atoms with E-state index in [2.05, 4.69) is 17.0 Å². The molecule has 1 amide bonds. The molecule has 7 heteroatoms. The van der Waals surface area contributed by atoms with E-state index < -0.39 is 5.82 Å². The van der Waals surface area contributed by atoms with Gasteiger partial charge in [-0.25, -0.2) is 4.39 Å². The van der Waals surface area contributed by atoms with Crippen molar-refractivity contribution in [1.29, 1.82) is 0 Å². The monoisotopic (exact) mass is 410 g/mol. The summed E-state index contributed by atoms with van der Waals surface area (Å²) in [5.41, 5.74) is 1.82. The average Bonchev–Trinajstić information content (AvgIpc) is 2.69. The zero-order valence-corrected chi connectivity index (χ0v) is 16.7. The van der Waals surface area contributed by atoms with Gasteiger partial charge in [-0.2, -0.15) is 0 Å². The van der Waals surface area contributed by atoms with Crippen molar-refractivity contribution in [3.05, 3.63) is 63.9 Å². The zero-order chi connectivity index (χ0) is 19.4. The first-order valence-electron chi connectivity index (χ1n) is 9.01. The zero-order valence-electron chi connectivity index (χ0n) is 15.2. The van der Waals surface area contributed by atoms with Gasteiger partial charge in [0.25, 0.3) is 5.91 Å². The van der Waals surface area contributed by atoms with Crippen molar-refractivity contribution in [2.75, 3.05) is 37.6 Å². The molecule has 0 radical (unpaired) electrons. The third kappa shape index (κ3) is 4.92. The Labute approximate surface area is 168 Å². The maximum absolute atomic E-state index is 13.7. The maximum atomic E-state index is 13.7. The van der Waals surface area contributed by atoms with E-state index in [1.165, 1.54) is 17.8 Å². The lowest BCUT2D eigenvalue weighted by atomic mass is 10.1. The van der Waals surface area contributed by atoms with Crippen LogP contribution in [0.3, 0.4) is 0 Å². The van der Waals surface area contributed by atoms with Gasteiger partial charge in [-0.15, -0.1) is 0 Å². The van der Waals surface area contributed by atoms with Crippen LogP contribution < -0.4 is 10.2 Å². The van der Waals surface area contributed by atoms with Crippen molar-refractivity contribution in [3.63, 3.8) is 0 Å². The Morgan fingerprint density at radius 1 is 1.11 bits per heavy atom. The lowest BCUT2D eigenvalue weighted by Gasteiger charge is -2.35. The molecule has 144 valence electrons. The highest BCUT2D eigenvalue weighted by Gasteiger charge is 2.23. The number of rotatable bonds is 5. The Kier molecular flexibility index (Phi) is 6.58. The molecule has 1 aliphatic heterocycles. The minimum Gasteiger partial charge on any atom is -0.368 e. The van der Waals surface area contributed by atoms with Gasteiger partial charge in [0.2, 0.25) is 0 Å². The van der Waals surface area contributed by atoms with Gasteiger partial charge >= 0.3 is 0 Å². The maximum Gasteiger partial charge on any atom is 0.277 e. The van der Waals surface area contributed by atoms with E-state index in [1.54, 1.807) is 0 Å². The molecule has 0 saturated carbocycles. The minimum absolute atomic E-state index is 0.00307. The number of hydrogen-bond acceptors (Lipinski definition) is 2. The van der Waals surface area contributed by atoms with Crippen LogP contribution in [0, 0.1) is 5.82 Å². The van der Waals surface area contributed by atoms with Crippen LogP contribution in [0.4, 0.5) is 10.1 Å². The molecule has 2 aromatic carbocycles. The summed E-state index contributed by atoms with van der Waals surface area (Å²) in [7, 11) is 0. The highest BCUT2D eigenvalue weighted by atomic mass is 35.5. The van der Waals surface area contributed by atoms with Crippen LogP contribution >= 0.6 is 23.2 Å². The Hall–Kier alpha value is -1.82. The Balaban J connectivity index is 1.51. The predicted molar refractivity (Wildman–Crippen MR) is 107 cm³/mol. The molecule has 1 aliphatic rings. The summed E-state index contributed by atoms with van der Waals surface area (Å²) in [6.07, 6.45) is 0. The fraction of sp³-hybridized carbons (Fsp3) is 0.350. The summed E-state index contributed by atoms with van der Waals surface area (Å²) in [5, 5.41) is 2.29. The summed E-state index contributed by atoms with van der Waals surface area (Å²) in [4.78, 5) is 16.7. The van der Waals surface area contributed by atoms with Crippen LogP contribution in [0.1, 0.15) is 18.5 Å². The van der Waals surface area contributed by atoms with Gasteiger partial charge in [-0.05, 0) is 31.2 Å². The summed E-state index contributed by atoms with van der Waals surface area (Å²) < 4.78 is 13.7. The van der Waals surface area contributed by atoms with Crippen LogP contribution in [0.5, 0.6) is 0 Å². The van der Waals surface area contributed by atoms with Crippen LogP contribution in [0.2, 0.25) is 10.0 Å². The van der Waals surface area contributed by atoms with Crippen LogP contribution in [-0.2, 0) is 4.79 Å². The molecule has 0 aromatic heterocycles. The first-order chi connectivity index (χ1) is 13.0. The molecule has 0 spiro atoms. The van der Waals surface area contributed by atoms with E-state index >= 15 is 0 Å². The van der Waals surface area contributed by atoms with Crippen LogP contribution in [0.15, 0.2) is 42.5 Å². The molecule has 3 rings (SSSR count). The average molecular weight is 411 g/mol. The fourth-order valence-corrected chi connectivity index (χ4v) is 3.83. The molecular formula is C20H23Cl2FN3O+. The largest absolute Gasteiger partial charge is 0.368 e. The number of quaternary nitrogens is 1. The van der Waals surface area contributed by atoms with E-state index in [0.29, 0.717) is 30.2 Å². The van der Waals surface area contributed by atoms with Crippen molar-refractivity contribution < 1.29 is 14.5 Å². The number of amides is 1. The number of halogens is 3. The number of anilines is 1. The molecule has 2 N–H and O–H groups in total. The number of hydrogen-bond donors (Lipinski definition) is 1. The summed E-state index contributed by atoms with van der Waals surface area (Å²) >= 11 is 11.9. The third-order valence-corrected chi connectivity index (χ3v) is 5.55. The summed E-state index contributed by atoms with van der Waals surface area (Å²) in [5.74, 6) is -0.417. The first-order valence-corrected chi connectivity index (χ1v) is 9.77. The minimum atomic E-state index is -0.500. The van der Waals surface area contributed by atoms with E-state index in [1.807, 2.05) is 35.3 Å². The van der Waals surface area contributed by atoms with Crippen molar-refractivity contribution in [2.45, 2.75) is 13.0 Å². The van der Waals surface area contributed by atoms with E-state index in [0.717, 1.165) is 13.1 Å². The summed E-state index contributed by atoms with van der Waals surface area (Å²) in [6.45, 7) is 5.24. The van der Waals surface area contributed by atoms with Gasteiger partial charge in [-0.1, -0.05) is 41.4 Å². The molecule has 4 nitrogen and oxygen atoms in total. The second-order valence-electron chi connectivity index (χ2n) is 6.72. The number of piperazine rings is 1. The predicted octanol–water partition coefficient (Wildman–Crippen LogP) is 3.11. The Morgan fingerprint density at radius 3 is 2.44 bits per heavy atom. The van der Waals surface area contributed by atoms with Gasteiger partial charge in [0.1, 0.15) is 11.9 Å². The number of para-hydroxylation sites is 1. The summed E-state index contributed by atoms with van der Waals surface area (Å²) in [6, 6.07) is 12.8. The van der Waals surface area contributed by atoms with E-state index in [4.69, 9.17) is 23.2 Å². The quantitative estimate of drug-likeness (QED) is 0.769. The van der Waals surface area contributed by atoms with Crippen molar-refractivity contribution in [1.82, 2.24) is 4.90 Å². The topological polar surface area (TPSA) is 40.2 Å². The number of carbonyl (C=O) groups excluding carboxylic acids is 1. The SMILES string of the molecule is C[C@H]([NH2+]CC(=O)N1CCN(c2ccccc2)CC1)c1cc(F)c(Cl)cc1Cl. The van der Waals surface area contributed by atoms with Gasteiger partial charge in [-0.3, -0.25) is 4.79 Å². The second kappa shape index (κ2) is 8.91. The number of carbonyl (C=O) groups is 1. The highest BCUT2D eigenvalue weighted by molar-refractivity contribution is 6.35. The standard InChI is InChI=1S/C20H22Cl2FN3O/c1-14(16-11-19(23)18(22)12-17(16)21)24-13-20(27)26-9-7-25(8-10-26)15-5-3-2-4-6-15/h2-6,11-12,14,24H,7-10,13H2,1H3/p+1/t14-/m0/s1. The van der Waals surface area contributed by atoms with Crippen molar-refractivity contribution >= 4 is 34.8 Å². The lowest BCUT2D eigenvalue weighted by Crippen LogP contribution is -2.87. The van der Waals surface area contributed by atoms with Crippen LogP contribution in [-0.4, -0.2) is 43.5 Å². The smallest absolute Gasteiger partial charge is 0.277 e. The molecule has 1 fully saturated rings. The molecule has 0 bridgehead atoms. The molecule has 27 heavy (non-hydrogen) atoms. The van der Waals surface area contributed by atoms with Crippen molar-refractivity contribution in [3.8, 4) is 0 Å². The highest BCUT2D eigenvalue weighted by Crippen LogP contribution is 2.27. The molecule has 2 aromatic rings. The molecule has 1 saturated heterocycles. The van der Waals surface area contributed by atoms with Gasteiger partial charge < -0.3 is 15.1 Å². The van der Waals surface area contributed by atoms with Gasteiger partial charge in [0.05, 0.1) is 10.0 Å². The first kappa shape index (κ1) is 19.9. The molecule has 1 atom stereocenters. The lowest BCUT2D eigenvalue weighted by molar-refractivity contribution is -0.683. The van der Waals surface area contributed by atoms with E-state index in [9.17, 15) is 9.18 Å². The molecule has 0 unspecified atom stereocenters. The molecule has 0 aliphatic carbocycles. The number of nitrogens with two attached hydrogens (primary N) is 1. The Morgan fingerprint density at radius 2 is 1.78 bits per heavy atom. The van der Waals surface area contributed by atoms with Crippen molar-refractivity contribution in [2.24, 2.45) is 0 Å². The second-order valence-corrected chi connectivity index (χ2v) is 7.53. The van der Waals surface area contributed by atoms with E-state index in [-0.39, 0.29) is 17.0 Å². The fourth-order valence-electron chi connectivity index (χ4n) is 3.27.